The van der Waals surface area contributed by atoms with Crippen molar-refractivity contribution in [2.45, 2.75) is 51.6 Å². The Kier molecular flexibility index (Phi) is 5.41. The number of aliphatic carboxylic acids is 1. The van der Waals surface area contributed by atoms with E-state index in [9.17, 15) is 9.59 Å². The van der Waals surface area contributed by atoms with E-state index in [4.69, 9.17) is 5.11 Å². The van der Waals surface area contributed by atoms with Crippen molar-refractivity contribution in [3.8, 4) is 0 Å². The van der Waals surface area contributed by atoms with E-state index >= 15 is 0 Å². The molecule has 0 bridgehead atoms. The molecule has 0 aromatic heterocycles. The highest BCUT2D eigenvalue weighted by Crippen LogP contribution is 2.23. The summed E-state index contributed by atoms with van der Waals surface area (Å²) in [5, 5.41) is 11.7. The fourth-order valence-electron chi connectivity index (χ4n) is 2.31. The van der Waals surface area contributed by atoms with Gasteiger partial charge in [-0.2, -0.15) is 0 Å². The molecule has 98 valence electrons. The lowest BCUT2D eigenvalue weighted by atomic mass is 10.2. The van der Waals surface area contributed by atoms with Gasteiger partial charge in [-0.15, -0.1) is 0 Å². The van der Waals surface area contributed by atoms with Gasteiger partial charge in [-0.05, 0) is 26.7 Å². The number of carboxylic acids is 1. The Bertz CT molecular complexity index is 273. The highest BCUT2D eigenvalue weighted by Gasteiger charge is 2.25. The second-order valence-electron chi connectivity index (χ2n) is 4.96. The van der Waals surface area contributed by atoms with E-state index < -0.39 is 5.97 Å². The average Bonchev–Trinajstić information content (AvgIpc) is 2.66. The summed E-state index contributed by atoms with van der Waals surface area (Å²) in [5.41, 5.74) is 0. The number of carboxylic acid groups (broad SMARTS) is 1. The van der Waals surface area contributed by atoms with Gasteiger partial charge in [0.2, 0.25) is 5.91 Å². The van der Waals surface area contributed by atoms with Crippen LogP contribution in [0.25, 0.3) is 0 Å². The Morgan fingerprint density at radius 2 is 1.88 bits per heavy atom. The molecule has 17 heavy (non-hydrogen) atoms. The zero-order chi connectivity index (χ0) is 12.8. The first-order valence-corrected chi connectivity index (χ1v) is 6.24. The summed E-state index contributed by atoms with van der Waals surface area (Å²) in [6.45, 7) is 3.94. The average molecular weight is 242 g/mol. The molecule has 5 nitrogen and oxygen atoms in total. The lowest BCUT2D eigenvalue weighted by molar-refractivity contribution is -0.139. The lowest BCUT2D eigenvalue weighted by Crippen LogP contribution is -2.45. The molecule has 1 rings (SSSR count). The number of nitrogens with one attached hydrogen (secondary N) is 1. The SMILES string of the molecule is CC(C)NC(=O)CN(CC(=O)O)C1CCCC1. The standard InChI is InChI=1S/C12H22N2O3/c1-9(2)13-11(15)7-14(8-12(16)17)10-5-3-4-6-10/h9-10H,3-8H2,1-2H3,(H,13,15)(H,16,17). The van der Waals surface area contributed by atoms with Crippen LogP contribution in [0.3, 0.4) is 0 Å². The molecule has 0 aliphatic heterocycles. The summed E-state index contributed by atoms with van der Waals surface area (Å²) >= 11 is 0. The monoisotopic (exact) mass is 242 g/mol. The molecule has 1 aliphatic rings. The third kappa shape index (κ3) is 5.17. The van der Waals surface area contributed by atoms with Crippen LogP contribution in [0.2, 0.25) is 0 Å². The molecule has 1 aliphatic carbocycles. The van der Waals surface area contributed by atoms with Crippen molar-refractivity contribution in [1.82, 2.24) is 10.2 Å². The Hall–Kier alpha value is -1.10. The quantitative estimate of drug-likeness (QED) is 0.724. The van der Waals surface area contributed by atoms with Crippen molar-refractivity contribution >= 4 is 11.9 Å². The molecular weight excluding hydrogens is 220 g/mol. The number of amides is 1. The van der Waals surface area contributed by atoms with E-state index in [0.717, 1.165) is 25.7 Å². The predicted octanol–water partition coefficient (Wildman–Crippen LogP) is 0.840. The molecule has 1 fully saturated rings. The summed E-state index contributed by atoms with van der Waals surface area (Å²) < 4.78 is 0. The summed E-state index contributed by atoms with van der Waals surface area (Å²) in [4.78, 5) is 24.2. The van der Waals surface area contributed by atoms with Gasteiger partial charge in [-0.3, -0.25) is 14.5 Å². The molecule has 1 saturated carbocycles. The maximum absolute atomic E-state index is 11.7. The van der Waals surface area contributed by atoms with Crippen molar-refractivity contribution in [2.75, 3.05) is 13.1 Å². The smallest absolute Gasteiger partial charge is 0.317 e. The van der Waals surface area contributed by atoms with Gasteiger partial charge in [-0.25, -0.2) is 0 Å². The van der Waals surface area contributed by atoms with Gasteiger partial charge in [0.15, 0.2) is 0 Å². The third-order valence-electron chi connectivity index (χ3n) is 2.98. The van der Waals surface area contributed by atoms with E-state index in [1.165, 1.54) is 0 Å². The second-order valence-corrected chi connectivity index (χ2v) is 4.96. The number of rotatable bonds is 6. The number of nitrogens with zero attached hydrogens (tertiary/aromatic N) is 1. The van der Waals surface area contributed by atoms with Gasteiger partial charge in [0.1, 0.15) is 0 Å². The number of carbonyl (C=O) groups is 2. The topological polar surface area (TPSA) is 69.6 Å². The number of carbonyl (C=O) groups excluding carboxylic acids is 1. The minimum atomic E-state index is -0.866. The normalized spacial score (nSPS) is 16.7. The fraction of sp³-hybridized carbons (Fsp3) is 0.833. The number of hydrogen-bond acceptors (Lipinski definition) is 3. The van der Waals surface area contributed by atoms with E-state index in [0.29, 0.717) is 0 Å². The molecule has 0 heterocycles. The highest BCUT2D eigenvalue weighted by molar-refractivity contribution is 5.79. The Labute approximate surface area is 102 Å². The fourth-order valence-corrected chi connectivity index (χ4v) is 2.31. The van der Waals surface area contributed by atoms with Crippen LogP contribution in [0.1, 0.15) is 39.5 Å². The van der Waals surface area contributed by atoms with Gasteiger partial charge in [0.25, 0.3) is 0 Å². The maximum atomic E-state index is 11.7. The maximum Gasteiger partial charge on any atom is 0.317 e. The Morgan fingerprint density at radius 3 is 2.35 bits per heavy atom. The Morgan fingerprint density at radius 1 is 1.29 bits per heavy atom. The minimum absolute atomic E-state index is 0.0455. The van der Waals surface area contributed by atoms with Crippen LogP contribution in [0.4, 0.5) is 0 Å². The van der Waals surface area contributed by atoms with Crippen LogP contribution in [0.5, 0.6) is 0 Å². The largest absolute Gasteiger partial charge is 0.480 e. The first kappa shape index (κ1) is 14.0. The highest BCUT2D eigenvalue weighted by atomic mass is 16.4. The van der Waals surface area contributed by atoms with E-state index in [2.05, 4.69) is 5.32 Å². The summed E-state index contributed by atoms with van der Waals surface area (Å²) in [6, 6.07) is 0.349. The molecule has 1 amide bonds. The molecule has 0 aromatic rings. The van der Waals surface area contributed by atoms with Crippen molar-refractivity contribution in [3.63, 3.8) is 0 Å². The molecule has 0 saturated heterocycles. The molecule has 0 spiro atoms. The summed E-state index contributed by atoms with van der Waals surface area (Å²) in [7, 11) is 0. The zero-order valence-electron chi connectivity index (χ0n) is 10.6. The third-order valence-corrected chi connectivity index (χ3v) is 2.98. The van der Waals surface area contributed by atoms with Crippen LogP contribution in [-0.4, -0.2) is 47.1 Å². The predicted molar refractivity (Wildman–Crippen MR) is 64.7 cm³/mol. The van der Waals surface area contributed by atoms with Crippen LogP contribution in [0, 0.1) is 0 Å². The van der Waals surface area contributed by atoms with E-state index in [1.807, 2.05) is 13.8 Å². The van der Waals surface area contributed by atoms with Crippen LogP contribution >= 0.6 is 0 Å². The molecular formula is C12H22N2O3. The zero-order valence-corrected chi connectivity index (χ0v) is 10.6. The Balaban J connectivity index is 2.50. The van der Waals surface area contributed by atoms with Crippen LogP contribution < -0.4 is 5.32 Å². The van der Waals surface area contributed by atoms with Gasteiger partial charge in [0, 0.05) is 12.1 Å². The first-order chi connectivity index (χ1) is 7.99. The van der Waals surface area contributed by atoms with Crippen molar-refractivity contribution in [2.24, 2.45) is 0 Å². The van der Waals surface area contributed by atoms with E-state index in [1.54, 1.807) is 4.90 Å². The van der Waals surface area contributed by atoms with Crippen LogP contribution in [-0.2, 0) is 9.59 Å². The van der Waals surface area contributed by atoms with Gasteiger partial charge >= 0.3 is 5.97 Å². The van der Waals surface area contributed by atoms with Crippen molar-refractivity contribution in [1.29, 1.82) is 0 Å². The first-order valence-electron chi connectivity index (χ1n) is 6.24. The van der Waals surface area contributed by atoms with Gasteiger partial charge in [-0.1, -0.05) is 12.8 Å². The second kappa shape index (κ2) is 6.59. The number of hydrogen-bond donors (Lipinski definition) is 2. The van der Waals surface area contributed by atoms with E-state index in [-0.39, 0.29) is 31.1 Å². The van der Waals surface area contributed by atoms with Crippen LogP contribution in [0.15, 0.2) is 0 Å². The summed E-state index contributed by atoms with van der Waals surface area (Å²) in [5.74, 6) is -0.956. The molecule has 5 heteroatoms. The lowest BCUT2D eigenvalue weighted by Gasteiger charge is -2.26. The van der Waals surface area contributed by atoms with Gasteiger partial charge in [0.05, 0.1) is 13.1 Å². The molecule has 0 aromatic carbocycles. The molecule has 2 N–H and O–H groups in total. The summed E-state index contributed by atoms with van der Waals surface area (Å²) in [6.07, 6.45) is 4.27. The molecule has 0 unspecified atom stereocenters. The molecule has 0 radical (unpaired) electrons. The van der Waals surface area contributed by atoms with Crippen molar-refractivity contribution < 1.29 is 14.7 Å². The van der Waals surface area contributed by atoms with Gasteiger partial charge < -0.3 is 10.4 Å². The molecule has 0 atom stereocenters. The minimum Gasteiger partial charge on any atom is -0.480 e. The van der Waals surface area contributed by atoms with Crippen molar-refractivity contribution in [3.05, 3.63) is 0 Å².